The summed E-state index contributed by atoms with van der Waals surface area (Å²) in [5.74, 6) is 1.72. The van der Waals surface area contributed by atoms with E-state index in [4.69, 9.17) is 9.72 Å². The predicted molar refractivity (Wildman–Crippen MR) is 129 cm³/mol. The van der Waals surface area contributed by atoms with E-state index in [-0.39, 0.29) is 24.0 Å². The van der Waals surface area contributed by atoms with Crippen molar-refractivity contribution in [1.82, 2.24) is 15.6 Å². The number of hydrogen-bond donors (Lipinski definition) is 2. The number of rotatable bonds is 8. The number of methoxy groups -OCH3 is 1. The Morgan fingerprint density at radius 1 is 1.14 bits per heavy atom. The maximum absolute atomic E-state index is 5.19. The fourth-order valence-electron chi connectivity index (χ4n) is 3.11. The van der Waals surface area contributed by atoms with Crippen molar-refractivity contribution in [2.24, 2.45) is 4.99 Å². The van der Waals surface area contributed by atoms with Crippen LogP contribution in [0.4, 0.5) is 5.13 Å². The first-order valence-corrected chi connectivity index (χ1v) is 10.4. The van der Waals surface area contributed by atoms with Gasteiger partial charge in [-0.25, -0.2) is 4.98 Å². The molecule has 8 heteroatoms. The van der Waals surface area contributed by atoms with Crippen molar-refractivity contribution in [2.75, 3.05) is 45.2 Å². The van der Waals surface area contributed by atoms with Crippen LogP contribution in [0.1, 0.15) is 24.1 Å². The summed E-state index contributed by atoms with van der Waals surface area (Å²) in [5, 5.41) is 10.1. The largest absolute Gasteiger partial charge is 0.497 e. The van der Waals surface area contributed by atoms with Gasteiger partial charge in [0.05, 0.1) is 12.8 Å². The average Bonchev–Trinajstić information content (AvgIpc) is 3.39. The summed E-state index contributed by atoms with van der Waals surface area (Å²) >= 11 is 1.76. The van der Waals surface area contributed by atoms with E-state index in [0.29, 0.717) is 0 Å². The molecular formula is C20H30IN5OS. The van der Waals surface area contributed by atoms with Crippen LogP contribution in [0.25, 0.3) is 0 Å². The molecule has 0 atom stereocenters. The zero-order valence-electron chi connectivity index (χ0n) is 16.6. The third kappa shape index (κ3) is 6.80. The highest BCUT2D eigenvalue weighted by atomic mass is 127. The average molecular weight is 515 g/mol. The van der Waals surface area contributed by atoms with Crippen LogP contribution < -0.4 is 20.3 Å². The van der Waals surface area contributed by atoms with Gasteiger partial charge in [0.25, 0.3) is 0 Å². The number of aliphatic imine (C=N–C) groups is 1. The Kier molecular flexibility index (Phi) is 9.83. The summed E-state index contributed by atoms with van der Waals surface area (Å²) in [7, 11) is 3.49. The normalized spacial score (nSPS) is 13.9. The summed E-state index contributed by atoms with van der Waals surface area (Å²) < 4.78 is 5.19. The highest BCUT2D eigenvalue weighted by Crippen LogP contribution is 2.24. The van der Waals surface area contributed by atoms with Gasteiger partial charge in [0.15, 0.2) is 11.1 Å². The van der Waals surface area contributed by atoms with Crippen LogP contribution in [-0.4, -0.2) is 51.3 Å². The van der Waals surface area contributed by atoms with Crippen molar-refractivity contribution in [1.29, 1.82) is 0 Å². The SMILES string of the molecule is CN=C(NCCc1ccc(OC)cc1)NCCc1csc(N2CCCC2)n1.I. The van der Waals surface area contributed by atoms with Crippen LogP contribution in [-0.2, 0) is 12.8 Å². The highest BCUT2D eigenvalue weighted by molar-refractivity contribution is 14.0. The zero-order valence-corrected chi connectivity index (χ0v) is 19.8. The van der Waals surface area contributed by atoms with Crippen LogP contribution in [0.15, 0.2) is 34.6 Å². The molecule has 0 aliphatic carbocycles. The van der Waals surface area contributed by atoms with Gasteiger partial charge < -0.3 is 20.3 Å². The lowest BCUT2D eigenvalue weighted by Gasteiger charge is -2.12. The first-order chi connectivity index (χ1) is 13.3. The van der Waals surface area contributed by atoms with Gasteiger partial charge in [0.1, 0.15) is 5.75 Å². The van der Waals surface area contributed by atoms with Crippen molar-refractivity contribution in [3.8, 4) is 5.75 Å². The Bertz CT molecular complexity index is 728. The summed E-state index contributed by atoms with van der Waals surface area (Å²) in [6.45, 7) is 3.96. The van der Waals surface area contributed by atoms with E-state index in [0.717, 1.165) is 56.4 Å². The van der Waals surface area contributed by atoms with Gasteiger partial charge in [-0.1, -0.05) is 12.1 Å². The van der Waals surface area contributed by atoms with Crippen molar-refractivity contribution in [3.05, 3.63) is 40.9 Å². The molecule has 2 heterocycles. The third-order valence-corrected chi connectivity index (χ3v) is 5.63. The van der Waals surface area contributed by atoms with E-state index >= 15 is 0 Å². The van der Waals surface area contributed by atoms with E-state index in [9.17, 15) is 0 Å². The molecule has 6 nitrogen and oxygen atoms in total. The molecule has 0 spiro atoms. The van der Waals surface area contributed by atoms with Crippen LogP contribution in [0, 0.1) is 0 Å². The first kappa shape index (κ1) is 22.7. The minimum absolute atomic E-state index is 0. The molecule has 0 saturated carbocycles. The molecule has 1 saturated heterocycles. The number of anilines is 1. The second-order valence-corrected chi connectivity index (χ2v) is 7.43. The van der Waals surface area contributed by atoms with Gasteiger partial charge in [-0.05, 0) is 37.0 Å². The van der Waals surface area contributed by atoms with Crippen LogP contribution >= 0.6 is 35.3 Å². The number of hydrogen-bond acceptors (Lipinski definition) is 5. The van der Waals surface area contributed by atoms with E-state index in [1.54, 1.807) is 25.5 Å². The molecule has 2 aromatic rings. The number of halogens is 1. The van der Waals surface area contributed by atoms with Crippen molar-refractivity contribution in [3.63, 3.8) is 0 Å². The molecule has 2 N–H and O–H groups in total. The molecule has 1 aliphatic heterocycles. The lowest BCUT2D eigenvalue weighted by atomic mass is 10.1. The van der Waals surface area contributed by atoms with E-state index in [2.05, 4.69) is 38.0 Å². The number of benzene rings is 1. The molecule has 3 rings (SSSR count). The molecule has 1 aromatic carbocycles. The predicted octanol–water partition coefficient (Wildman–Crippen LogP) is 3.32. The third-order valence-electron chi connectivity index (χ3n) is 4.68. The fraction of sp³-hybridized carbons (Fsp3) is 0.500. The van der Waals surface area contributed by atoms with Gasteiger partial charge in [-0.3, -0.25) is 4.99 Å². The molecule has 0 bridgehead atoms. The molecule has 1 aliphatic rings. The zero-order chi connectivity index (χ0) is 18.9. The Morgan fingerprint density at radius 3 is 2.46 bits per heavy atom. The number of thiazole rings is 1. The Labute approximate surface area is 188 Å². The highest BCUT2D eigenvalue weighted by Gasteiger charge is 2.15. The van der Waals surface area contributed by atoms with Gasteiger partial charge in [0.2, 0.25) is 0 Å². The summed E-state index contributed by atoms with van der Waals surface area (Å²) in [6.07, 6.45) is 4.42. The van der Waals surface area contributed by atoms with Gasteiger partial charge in [-0.15, -0.1) is 35.3 Å². The van der Waals surface area contributed by atoms with Gasteiger partial charge in [0, 0.05) is 45.0 Å². The van der Waals surface area contributed by atoms with Gasteiger partial charge in [-0.2, -0.15) is 0 Å². The fourth-order valence-corrected chi connectivity index (χ4v) is 4.03. The maximum Gasteiger partial charge on any atom is 0.190 e. The standard InChI is InChI=1S/C20H29N5OS.HI/c1-21-19(22-11-9-16-5-7-18(26-2)8-6-16)23-12-10-17-15-27-20(24-17)25-13-3-4-14-25;/h5-8,15H,3-4,9-14H2,1-2H3,(H2,21,22,23);1H. The Balaban J connectivity index is 0.00000280. The summed E-state index contributed by atoms with van der Waals surface area (Å²) in [5.41, 5.74) is 2.43. The molecule has 0 amide bonds. The second kappa shape index (κ2) is 12.1. The van der Waals surface area contributed by atoms with Crippen LogP contribution in [0.5, 0.6) is 5.75 Å². The molecular weight excluding hydrogens is 485 g/mol. The number of nitrogens with zero attached hydrogens (tertiary/aromatic N) is 3. The number of ether oxygens (including phenoxy) is 1. The lowest BCUT2D eigenvalue weighted by molar-refractivity contribution is 0.414. The molecule has 0 unspecified atom stereocenters. The molecule has 1 aromatic heterocycles. The minimum Gasteiger partial charge on any atom is -0.497 e. The van der Waals surface area contributed by atoms with E-state index in [1.165, 1.54) is 23.5 Å². The molecule has 154 valence electrons. The lowest BCUT2D eigenvalue weighted by Crippen LogP contribution is -2.39. The minimum atomic E-state index is 0. The van der Waals surface area contributed by atoms with Crippen LogP contribution in [0.2, 0.25) is 0 Å². The first-order valence-electron chi connectivity index (χ1n) is 9.55. The maximum atomic E-state index is 5.19. The van der Waals surface area contributed by atoms with Crippen LogP contribution in [0.3, 0.4) is 0 Å². The Hall–Kier alpha value is -1.55. The smallest absolute Gasteiger partial charge is 0.190 e. The number of nitrogens with one attached hydrogen (secondary N) is 2. The Morgan fingerprint density at radius 2 is 1.82 bits per heavy atom. The van der Waals surface area contributed by atoms with Crippen molar-refractivity contribution >= 4 is 46.4 Å². The van der Waals surface area contributed by atoms with E-state index in [1.807, 2.05) is 12.1 Å². The molecule has 28 heavy (non-hydrogen) atoms. The molecule has 1 fully saturated rings. The summed E-state index contributed by atoms with van der Waals surface area (Å²) in [4.78, 5) is 11.4. The quantitative estimate of drug-likeness (QED) is 0.321. The van der Waals surface area contributed by atoms with Crippen molar-refractivity contribution in [2.45, 2.75) is 25.7 Å². The topological polar surface area (TPSA) is 61.8 Å². The number of guanidine groups is 1. The molecule has 0 radical (unpaired) electrons. The van der Waals surface area contributed by atoms with Gasteiger partial charge >= 0.3 is 0 Å². The van der Waals surface area contributed by atoms with Crippen molar-refractivity contribution < 1.29 is 4.74 Å². The van der Waals surface area contributed by atoms with E-state index < -0.39 is 0 Å². The second-order valence-electron chi connectivity index (χ2n) is 6.59. The summed E-state index contributed by atoms with van der Waals surface area (Å²) in [6, 6.07) is 8.17. The number of aromatic nitrogens is 1. The monoisotopic (exact) mass is 515 g/mol.